The average Bonchev–Trinajstić information content (AvgIpc) is 3.77. The quantitative estimate of drug-likeness (QED) is 0.0764. The summed E-state index contributed by atoms with van der Waals surface area (Å²) in [5.74, 6) is -0.826. The highest BCUT2D eigenvalue weighted by Crippen LogP contribution is 2.43. The van der Waals surface area contributed by atoms with E-state index in [1.807, 2.05) is 41.3 Å². The third-order valence-corrected chi connectivity index (χ3v) is 12.9. The van der Waals surface area contributed by atoms with Crippen LogP contribution in [0.3, 0.4) is 0 Å². The van der Waals surface area contributed by atoms with Crippen LogP contribution in [0.2, 0.25) is 0 Å². The number of amides is 6. The van der Waals surface area contributed by atoms with Gasteiger partial charge in [0.05, 0.1) is 51.9 Å². The Bertz CT molecular complexity index is 2540. The molecule has 15 nitrogen and oxygen atoms in total. The van der Waals surface area contributed by atoms with E-state index in [1.54, 1.807) is 41.7 Å². The molecule has 6 heterocycles. The maximum atomic E-state index is 13.5. The first kappa shape index (κ1) is 44.7. The van der Waals surface area contributed by atoms with Gasteiger partial charge in [-0.25, -0.2) is 4.99 Å². The van der Waals surface area contributed by atoms with E-state index in [1.165, 1.54) is 0 Å². The van der Waals surface area contributed by atoms with Crippen molar-refractivity contribution < 1.29 is 33.5 Å². The number of anilines is 2. The maximum absolute atomic E-state index is 13.5. The SMILES string of the molecule is CCCCCCOc1ccc2c(c1)C(=O)N(C1CCC(=O)NC1=O)C2=O.O=CN1CCC2(CC1)CCN(c1cncc(NC3=NC(c4cccc(-c5ccccc5)c4)C(Cl)=CN3)c1)C2=O. The van der Waals surface area contributed by atoms with E-state index in [4.69, 9.17) is 21.3 Å². The van der Waals surface area contributed by atoms with E-state index in [2.05, 4.69) is 52.1 Å². The summed E-state index contributed by atoms with van der Waals surface area (Å²) in [5.41, 5.74) is 4.79. The number of pyridine rings is 1. The molecule has 4 aromatic rings. The average molecular weight is 899 g/mol. The summed E-state index contributed by atoms with van der Waals surface area (Å²) in [7, 11) is 0. The molecular formula is C49H51ClN8O7. The van der Waals surface area contributed by atoms with Gasteiger partial charge < -0.3 is 25.2 Å². The molecule has 1 aromatic heterocycles. The molecule has 3 aromatic carbocycles. The number of benzene rings is 3. The van der Waals surface area contributed by atoms with Gasteiger partial charge in [-0.3, -0.25) is 44.0 Å². The first-order valence-corrected chi connectivity index (χ1v) is 22.5. The number of carbonyl (C=O) groups excluding carboxylic acids is 6. The first-order valence-electron chi connectivity index (χ1n) is 22.1. The summed E-state index contributed by atoms with van der Waals surface area (Å²) < 4.78 is 5.67. The highest BCUT2D eigenvalue weighted by molar-refractivity contribution is 6.30. The lowest BCUT2D eigenvalue weighted by atomic mass is 9.77. The summed E-state index contributed by atoms with van der Waals surface area (Å²) in [4.78, 5) is 86.9. The Morgan fingerprint density at radius 1 is 0.862 bits per heavy atom. The lowest BCUT2D eigenvalue weighted by molar-refractivity contribution is -0.136. The van der Waals surface area contributed by atoms with Gasteiger partial charge in [0, 0.05) is 32.3 Å². The van der Waals surface area contributed by atoms with Crippen LogP contribution < -0.4 is 25.6 Å². The number of nitrogens with one attached hydrogen (secondary N) is 3. The largest absolute Gasteiger partial charge is 0.494 e. The standard InChI is InChI=1S/C30H29ClN6O2.C19H22N2O5/c31-26-19-33-29(35-27(26)23-8-4-7-22(15-23)21-5-2-1-3-6-21)34-24-16-25(18-32-17-24)37-14-11-30(28(37)39)9-12-36(20-38)13-10-30;1-2-3-4-5-10-26-12-6-7-13-14(11-12)19(25)21(18(13)24)15-8-9-16(22)20-17(15)23/h1-8,15-20,27H,9-14H2,(H2,33,34,35);6-7,11,15H,2-5,8-10H2,1H3,(H,20,22,23). The number of imide groups is 2. The molecule has 3 N–H and O–H groups in total. The van der Waals surface area contributed by atoms with Gasteiger partial charge in [-0.15, -0.1) is 0 Å². The van der Waals surface area contributed by atoms with Crippen molar-refractivity contribution in [1.29, 1.82) is 0 Å². The number of hydrogen-bond donors (Lipinski definition) is 3. The molecule has 0 saturated carbocycles. The van der Waals surface area contributed by atoms with E-state index in [9.17, 15) is 28.8 Å². The number of halogens is 1. The van der Waals surface area contributed by atoms with Crippen LogP contribution in [0, 0.1) is 5.41 Å². The van der Waals surface area contributed by atoms with Crippen LogP contribution in [0.1, 0.15) is 97.0 Å². The highest BCUT2D eigenvalue weighted by Gasteiger charge is 2.49. The number of hydrogen-bond acceptors (Lipinski definition) is 11. The molecule has 9 rings (SSSR count). The molecule has 2 atom stereocenters. The number of likely N-dealkylation sites (tertiary alicyclic amines) is 1. The van der Waals surface area contributed by atoms with E-state index >= 15 is 0 Å². The second-order valence-electron chi connectivity index (χ2n) is 16.8. The molecule has 6 amide bonds. The number of nitrogens with zero attached hydrogens (tertiary/aromatic N) is 5. The molecule has 16 heteroatoms. The number of unbranched alkanes of at least 4 members (excludes halogenated alkanes) is 3. The lowest BCUT2D eigenvalue weighted by Gasteiger charge is -2.36. The number of aromatic nitrogens is 1. The predicted molar refractivity (Wildman–Crippen MR) is 246 cm³/mol. The van der Waals surface area contributed by atoms with Gasteiger partial charge >= 0.3 is 0 Å². The lowest BCUT2D eigenvalue weighted by Crippen LogP contribution is -2.54. The van der Waals surface area contributed by atoms with Gasteiger partial charge in [0.15, 0.2) is 0 Å². The van der Waals surface area contributed by atoms with Gasteiger partial charge in [-0.1, -0.05) is 86.3 Å². The van der Waals surface area contributed by atoms with Crippen molar-refractivity contribution in [1.82, 2.24) is 25.4 Å². The maximum Gasteiger partial charge on any atom is 0.262 e. The van der Waals surface area contributed by atoms with Crippen molar-refractivity contribution in [3.8, 4) is 16.9 Å². The fraction of sp³-hybridized carbons (Fsp3) is 0.347. The van der Waals surface area contributed by atoms with Crippen molar-refractivity contribution in [3.05, 3.63) is 119 Å². The third kappa shape index (κ3) is 9.80. The van der Waals surface area contributed by atoms with E-state index in [0.29, 0.717) is 61.5 Å². The number of rotatable bonds is 12. The van der Waals surface area contributed by atoms with Gasteiger partial charge in [-0.2, -0.15) is 0 Å². The molecule has 0 aliphatic carbocycles. The zero-order valence-electron chi connectivity index (χ0n) is 36.1. The minimum absolute atomic E-state index is 0.107. The van der Waals surface area contributed by atoms with Crippen LogP contribution >= 0.6 is 11.6 Å². The Morgan fingerprint density at radius 3 is 2.40 bits per heavy atom. The molecule has 3 saturated heterocycles. The van der Waals surface area contributed by atoms with Crippen LogP contribution in [0.25, 0.3) is 11.1 Å². The van der Waals surface area contributed by atoms with Crippen LogP contribution in [0.5, 0.6) is 5.75 Å². The number of guanidine groups is 1. The molecular weight excluding hydrogens is 848 g/mol. The summed E-state index contributed by atoms with van der Waals surface area (Å²) >= 11 is 6.59. The molecule has 5 aliphatic heterocycles. The van der Waals surface area contributed by atoms with Crippen molar-refractivity contribution in [3.63, 3.8) is 0 Å². The highest BCUT2D eigenvalue weighted by atomic mass is 35.5. The van der Waals surface area contributed by atoms with Crippen LogP contribution in [-0.2, 0) is 19.2 Å². The second-order valence-corrected chi connectivity index (χ2v) is 17.2. The Morgan fingerprint density at radius 2 is 1.63 bits per heavy atom. The number of ether oxygens (including phenoxy) is 1. The Labute approximate surface area is 382 Å². The smallest absolute Gasteiger partial charge is 0.262 e. The molecule has 65 heavy (non-hydrogen) atoms. The topological polar surface area (TPSA) is 183 Å². The van der Waals surface area contributed by atoms with Crippen LogP contribution in [0.15, 0.2) is 107 Å². The number of fused-ring (bicyclic) bond motifs is 1. The molecule has 1 spiro atoms. The fourth-order valence-corrected chi connectivity index (χ4v) is 9.12. The van der Waals surface area contributed by atoms with Crippen molar-refractivity contribution in [2.45, 2.75) is 76.8 Å². The zero-order valence-corrected chi connectivity index (χ0v) is 36.9. The first-order chi connectivity index (χ1) is 31.6. The second kappa shape index (κ2) is 19.9. The minimum Gasteiger partial charge on any atom is -0.494 e. The summed E-state index contributed by atoms with van der Waals surface area (Å²) in [6.07, 6.45) is 12.8. The molecule has 2 unspecified atom stereocenters. The van der Waals surface area contributed by atoms with Crippen molar-refractivity contribution in [2.75, 3.05) is 36.5 Å². The Balaban J connectivity index is 0.000000193. The normalized spacial score (nSPS) is 20.0. The number of aliphatic imine (C=N–C) groups is 1. The van der Waals surface area contributed by atoms with Gasteiger partial charge in [0.25, 0.3) is 11.8 Å². The predicted octanol–water partition coefficient (Wildman–Crippen LogP) is 6.96. The van der Waals surface area contributed by atoms with Gasteiger partial charge in [0.2, 0.25) is 30.1 Å². The molecule has 5 aliphatic rings. The Hall–Kier alpha value is -6.87. The molecule has 0 bridgehead atoms. The van der Waals surface area contributed by atoms with Crippen LogP contribution in [-0.4, -0.2) is 89.0 Å². The zero-order chi connectivity index (χ0) is 45.5. The monoisotopic (exact) mass is 898 g/mol. The fourth-order valence-electron chi connectivity index (χ4n) is 8.89. The number of piperidine rings is 2. The molecule has 3 fully saturated rings. The summed E-state index contributed by atoms with van der Waals surface area (Å²) in [6, 6.07) is 23.8. The third-order valence-electron chi connectivity index (χ3n) is 12.6. The number of carbonyl (C=O) groups is 6. The van der Waals surface area contributed by atoms with E-state index in [0.717, 1.165) is 65.8 Å². The summed E-state index contributed by atoms with van der Waals surface area (Å²) in [5, 5.41) is 9.19. The van der Waals surface area contributed by atoms with Crippen molar-refractivity contribution in [2.24, 2.45) is 10.4 Å². The van der Waals surface area contributed by atoms with E-state index in [-0.39, 0.29) is 47.2 Å². The molecule has 0 radical (unpaired) electrons. The van der Waals surface area contributed by atoms with Gasteiger partial charge in [-0.05, 0) is 79.1 Å². The summed E-state index contributed by atoms with van der Waals surface area (Å²) in [6.45, 7) is 4.58. The minimum atomic E-state index is -0.946. The Kier molecular flexibility index (Phi) is 13.7. The van der Waals surface area contributed by atoms with Crippen LogP contribution in [0.4, 0.5) is 11.4 Å². The van der Waals surface area contributed by atoms with Gasteiger partial charge in [0.1, 0.15) is 17.8 Å². The van der Waals surface area contributed by atoms with Crippen molar-refractivity contribution >= 4 is 64.9 Å². The molecule has 336 valence electrons. The van der Waals surface area contributed by atoms with E-state index < -0.39 is 23.8 Å².